The second-order valence-electron chi connectivity index (χ2n) is 12.2. The number of carbonyl (C=O) groups is 2. The molecule has 1 spiro atoms. The van der Waals surface area contributed by atoms with Crippen LogP contribution in [0.2, 0.25) is 0 Å². The molecular weight excluding hydrogens is 496 g/mol. The minimum Gasteiger partial charge on any atom is -0.495 e. The van der Waals surface area contributed by atoms with Crippen LogP contribution in [0.15, 0.2) is 0 Å². The summed E-state index contributed by atoms with van der Waals surface area (Å²) in [6.45, 7) is 11.1. The molecule has 1 aromatic rings. The Hall–Kier alpha value is -2.40. The lowest BCUT2D eigenvalue weighted by Crippen LogP contribution is -2.80. The van der Waals surface area contributed by atoms with Gasteiger partial charge in [0.15, 0.2) is 0 Å². The summed E-state index contributed by atoms with van der Waals surface area (Å²) in [5, 5.41) is 12.0. The summed E-state index contributed by atoms with van der Waals surface area (Å²) in [5.74, 6) is -1.65. The maximum atomic E-state index is 12.7. The van der Waals surface area contributed by atoms with Gasteiger partial charge >= 0.3 is 11.9 Å². The van der Waals surface area contributed by atoms with Crippen LogP contribution in [0.1, 0.15) is 74.5 Å². The fourth-order valence-electron chi connectivity index (χ4n) is 8.54. The van der Waals surface area contributed by atoms with E-state index in [1.807, 2.05) is 34.6 Å². The quantitative estimate of drug-likeness (QED) is 0.582. The molecule has 3 fully saturated rings. The van der Waals surface area contributed by atoms with Crippen molar-refractivity contribution in [1.82, 2.24) is 0 Å². The van der Waals surface area contributed by atoms with E-state index in [1.54, 1.807) is 0 Å². The lowest BCUT2D eigenvalue weighted by atomic mass is 9.45. The average molecular weight is 533 g/mol. The predicted molar refractivity (Wildman–Crippen MR) is 131 cm³/mol. The second kappa shape index (κ2) is 7.62. The van der Waals surface area contributed by atoms with Crippen LogP contribution in [0.3, 0.4) is 0 Å². The Balaban J connectivity index is 1.60. The molecule has 1 aliphatic carbocycles. The number of fused-ring (bicyclic) bond motifs is 5. The van der Waals surface area contributed by atoms with Crippen molar-refractivity contribution in [2.75, 3.05) is 14.2 Å². The zero-order valence-electron chi connectivity index (χ0n) is 23.2. The van der Waals surface area contributed by atoms with E-state index in [0.717, 1.165) is 16.7 Å². The van der Waals surface area contributed by atoms with Gasteiger partial charge in [0.05, 0.1) is 19.6 Å². The van der Waals surface area contributed by atoms with Gasteiger partial charge in [0.25, 0.3) is 5.97 Å². The molecule has 6 rings (SSSR count). The van der Waals surface area contributed by atoms with Crippen LogP contribution in [0, 0.1) is 18.3 Å². The van der Waals surface area contributed by atoms with Crippen molar-refractivity contribution in [2.45, 2.75) is 102 Å². The first-order chi connectivity index (χ1) is 17.7. The summed E-state index contributed by atoms with van der Waals surface area (Å²) in [6.07, 6.45) is -0.990. The molecule has 0 radical (unpaired) electrons. The van der Waals surface area contributed by atoms with E-state index >= 15 is 0 Å². The SMILES string of the molecule is COc1c2c(c(C)c3c1C(=O)OC3)O[C@@]1(C)C[C@@H](OC(C)=O)[C@]34O[C@](OC)(C[C@@H](O)[C@]3(C)[C@H]1C2)OC4(C)C. The Kier molecular flexibility index (Phi) is 5.18. The highest BCUT2D eigenvalue weighted by Crippen LogP contribution is 2.71. The molecule has 0 aromatic heterocycles. The van der Waals surface area contributed by atoms with Gasteiger partial charge in [-0.05, 0) is 39.7 Å². The van der Waals surface area contributed by atoms with Gasteiger partial charge in [-0.3, -0.25) is 4.79 Å². The van der Waals surface area contributed by atoms with Crippen molar-refractivity contribution >= 4 is 11.9 Å². The fourth-order valence-corrected chi connectivity index (χ4v) is 8.54. The average Bonchev–Trinajstić information content (AvgIpc) is 3.31. The maximum absolute atomic E-state index is 12.7. The standard InChI is InChI=1S/C28H36O10/c1-13-16-12-34-23(31)20(16)22(32-7)15-9-17-25(5,36-21(13)15)11-19(35-14(2)29)28-24(3,4)37-27(33-8,38-28)10-18(30)26(17,28)6/h17-19,30H,9-12H2,1-8H3/t17-,18+,19+,25-,26-,27-,28+/m0/s1. The molecule has 4 aliphatic heterocycles. The number of aliphatic hydroxyl groups excluding tert-OH is 1. The van der Waals surface area contributed by atoms with E-state index in [-0.39, 0.29) is 18.9 Å². The summed E-state index contributed by atoms with van der Waals surface area (Å²) in [5.41, 5.74) is -1.44. The number of carbonyl (C=O) groups excluding carboxylic acids is 2. The van der Waals surface area contributed by atoms with Gasteiger partial charge in [-0.2, -0.15) is 0 Å². The number of esters is 2. The number of hydrogen-bond donors (Lipinski definition) is 1. The largest absolute Gasteiger partial charge is 0.495 e. The number of methoxy groups -OCH3 is 2. The van der Waals surface area contributed by atoms with Crippen molar-refractivity contribution in [3.05, 3.63) is 22.3 Å². The molecule has 1 aromatic carbocycles. The molecule has 1 N–H and O–H groups in total. The first-order valence-corrected chi connectivity index (χ1v) is 13.1. The third kappa shape index (κ3) is 2.82. The monoisotopic (exact) mass is 532 g/mol. The lowest BCUT2D eigenvalue weighted by molar-refractivity contribution is -0.410. The molecule has 2 bridgehead atoms. The third-order valence-electron chi connectivity index (χ3n) is 10.1. The highest BCUT2D eigenvalue weighted by molar-refractivity contribution is 5.98. The van der Waals surface area contributed by atoms with Gasteiger partial charge in [0, 0.05) is 42.9 Å². The van der Waals surface area contributed by atoms with Crippen LogP contribution in [-0.4, -0.2) is 66.2 Å². The molecular formula is C28H36O10. The lowest BCUT2D eigenvalue weighted by Gasteiger charge is -2.67. The van der Waals surface area contributed by atoms with Crippen molar-refractivity contribution in [3.63, 3.8) is 0 Å². The number of rotatable bonds is 3. The smallest absolute Gasteiger partial charge is 0.342 e. The van der Waals surface area contributed by atoms with Crippen LogP contribution in [0.25, 0.3) is 0 Å². The highest BCUT2D eigenvalue weighted by atomic mass is 16.9. The molecule has 10 heteroatoms. The molecule has 5 aliphatic rings. The topological polar surface area (TPSA) is 119 Å². The molecule has 10 nitrogen and oxygen atoms in total. The molecule has 208 valence electrons. The zero-order chi connectivity index (χ0) is 27.6. The molecule has 38 heavy (non-hydrogen) atoms. The number of cyclic esters (lactones) is 1. The van der Waals surface area contributed by atoms with Gasteiger partial charge in [0.2, 0.25) is 0 Å². The van der Waals surface area contributed by atoms with Crippen LogP contribution in [0.5, 0.6) is 11.5 Å². The summed E-state index contributed by atoms with van der Waals surface area (Å²) in [7, 11) is 3.01. The van der Waals surface area contributed by atoms with Crippen LogP contribution in [0.4, 0.5) is 0 Å². The molecule has 0 unspecified atom stereocenters. The van der Waals surface area contributed by atoms with Crippen molar-refractivity contribution in [3.8, 4) is 11.5 Å². The Morgan fingerprint density at radius 3 is 2.42 bits per heavy atom. The van der Waals surface area contributed by atoms with Gasteiger partial charge in [-0.15, -0.1) is 0 Å². The first-order valence-electron chi connectivity index (χ1n) is 13.1. The van der Waals surface area contributed by atoms with Crippen LogP contribution < -0.4 is 9.47 Å². The van der Waals surface area contributed by atoms with E-state index in [1.165, 1.54) is 21.1 Å². The van der Waals surface area contributed by atoms with Gasteiger partial charge in [-0.1, -0.05) is 6.92 Å². The van der Waals surface area contributed by atoms with E-state index in [9.17, 15) is 14.7 Å². The fraction of sp³-hybridized carbons (Fsp3) is 0.714. The highest BCUT2D eigenvalue weighted by Gasteiger charge is 2.84. The Morgan fingerprint density at radius 2 is 1.79 bits per heavy atom. The Bertz CT molecular complexity index is 1260. The summed E-state index contributed by atoms with van der Waals surface area (Å²) in [6, 6.07) is 0. The summed E-state index contributed by atoms with van der Waals surface area (Å²) < 4.78 is 42.9. The van der Waals surface area contributed by atoms with Crippen molar-refractivity contribution in [1.29, 1.82) is 0 Å². The van der Waals surface area contributed by atoms with Crippen LogP contribution in [-0.2, 0) is 41.5 Å². The summed E-state index contributed by atoms with van der Waals surface area (Å²) in [4.78, 5) is 25.1. The number of aliphatic hydroxyl groups is 1. The van der Waals surface area contributed by atoms with Gasteiger partial charge < -0.3 is 38.3 Å². The Morgan fingerprint density at radius 1 is 1.08 bits per heavy atom. The first kappa shape index (κ1) is 25.9. The zero-order valence-corrected chi connectivity index (χ0v) is 23.2. The van der Waals surface area contributed by atoms with E-state index < -0.39 is 52.3 Å². The van der Waals surface area contributed by atoms with Gasteiger partial charge in [-0.25, -0.2) is 4.79 Å². The second-order valence-corrected chi connectivity index (χ2v) is 12.2. The number of ether oxygens (including phenoxy) is 7. The predicted octanol–water partition coefficient (Wildman–Crippen LogP) is 2.95. The normalized spacial score (nSPS) is 41.7. The molecule has 2 saturated heterocycles. The minimum atomic E-state index is -1.49. The van der Waals surface area contributed by atoms with E-state index in [2.05, 4.69) is 0 Å². The molecule has 7 atom stereocenters. The van der Waals surface area contributed by atoms with E-state index in [4.69, 9.17) is 33.2 Å². The van der Waals surface area contributed by atoms with E-state index in [0.29, 0.717) is 29.9 Å². The number of hydrogen-bond acceptors (Lipinski definition) is 10. The van der Waals surface area contributed by atoms with Crippen LogP contribution >= 0.6 is 0 Å². The molecule has 4 heterocycles. The Labute approximate surface area is 221 Å². The maximum Gasteiger partial charge on any atom is 0.342 e. The minimum absolute atomic E-state index is 0.0596. The number of benzene rings is 1. The van der Waals surface area contributed by atoms with Gasteiger partial charge in [0.1, 0.15) is 46.6 Å². The molecule has 0 amide bonds. The van der Waals surface area contributed by atoms with Crippen molar-refractivity contribution in [2.24, 2.45) is 11.3 Å². The summed E-state index contributed by atoms with van der Waals surface area (Å²) >= 11 is 0. The van der Waals surface area contributed by atoms with Crippen molar-refractivity contribution < 1.29 is 47.9 Å². The molecule has 1 saturated carbocycles. The third-order valence-corrected chi connectivity index (χ3v) is 10.1.